The third-order valence-electron chi connectivity index (χ3n) is 1.02. The summed E-state index contributed by atoms with van der Waals surface area (Å²) in [5, 5.41) is 15.5. The minimum Gasteiger partial charge on any atom is -0.478 e. The van der Waals surface area contributed by atoms with Gasteiger partial charge in [0.15, 0.2) is 0 Å². The lowest BCUT2D eigenvalue weighted by Gasteiger charge is -1.91. The molecule has 1 aromatic rings. The molecule has 4 nitrogen and oxygen atoms in total. The predicted octanol–water partition coefficient (Wildman–Crippen LogP) is 0.483. The Morgan fingerprint density at radius 1 is 1.70 bits per heavy atom. The summed E-state index contributed by atoms with van der Waals surface area (Å²) in [7, 11) is 0. The van der Waals surface area contributed by atoms with Crippen LogP contribution in [0.4, 0.5) is 0 Å². The number of hydrogen-bond donors (Lipinski definition) is 1. The molecule has 0 atom stereocenters. The Hall–Kier alpha value is -1.45. The van der Waals surface area contributed by atoms with Crippen molar-refractivity contribution in [3.8, 4) is 0 Å². The quantitative estimate of drug-likeness (QED) is 0.613. The number of aromatic nitrogens is 2. The second kappa shape index (κ2) is 2.43. The maximum Gasteiger partial charge on any atom is 0.337 e. The molecule has 10 heavy (non-hydrogen) atoms. The Labute approximate surface area is 57.5 Å². The summed E-state index contributed by atoms with van der Waals surface area (Å²) in [4.78, 5) is 10.3. The number of aryl methyl sites for hydroxylation is 1. The first-order valence-electron chi connectivity index (χ1n) is 2.73. The summed E-state index contributed by atoms with van der Waals surface area (Å²) in [5.41, 5.74) is 0.785. The Balaban J connectivity index is 3.07. The normalized spacial score (nSPS) is 9.30. The maximum atomic E-state index is 10.3. The number of hydrogen-bond acceptors (Lipinski definition) is 3. The largest absolute Gasteiger partial charge is 0.478 e. The summed E-state index contributed by atoms with van der Waals surface area (Å²) >= 11 is 0. The van der Waals surface area contributed by atoms with Gasteiger partial charge < -0.3 is 5.11 Å². The molecule has 0 aliphatic carbocycles. The van der Waals surface area contributed by atoms with E-state index in [9.17, 15) is 4.79 Å². The van der Waals surface area contributed by atoms with Crippen molar-refractivity contribution in [1.29, 1.82) is 0 Å². The van der Waals surface area contributed by atoms with Crippen LogP contribution in [0.25, 0.3) is 0 Å². The zero-order valence-corrected chi connectivity index (χ0v) is 5.40. The van der Waals surface area contributed by atoms with Crippen LogP contribution >= 0.6 is 0 Å². The van der Waals surface area contributed by atoms with Gasteiger partial charge in [0.05, 0.1) is 17.5 Å². The topological polar surface area (TPSA) is 63.1 Å². The summed E-state index contributed by atoms with van der Waals surface area (Å²) in [5.74, 6) is -0.974. The Bertz CT molecular complexity index is 260. The van der Waals surface area contributed by atoms with Crippen molar-refractivity contribution in [1.82, 2.24) is 10.2 Å². The van der Waals surface area contributed by atoms with E-state index in [2.05, 4.69) is 10.2 Å². The fourth-order valence-electron chi connectivity index (χ4n) is 0.590. The number of nitrogens with zero attached hydrogens (tertiary/aromatic N) is 2. The van der Waals surface area contributed by atoms with Gasteiger partial charge in [0.2, 0.25) is 0 Å². The molecular formula is C6H6N2O2. The molecular weight excluding hydrogens is 132 g/mol. The van der Waals surface area contributed by atoms with Gasteiger partial charge in [-0.1, -0.05) is 0 Å². The van der Waals surface area contributed by atoms with E-state index in [1.807, 2.05) is 0 Å². The average Bonchev–Trinajstić information content (AvgIpc) is 1.88. The molecule has 4 heteroatoms. The van der Waals surface area contributed by atoms with E-state index in [4.69, 9.17) is 5.11 Å². The van der Waals surface area contributed by atoms with Crippen molar-refractivity contribution in [3.63, 3.8) is 0 Å². The molecule has 52 valence electrons. The number of aromatic carboxylic acids is 1. The number of rotatable bonds is 1. The number of carbonyl (C=O) groups is 1. The highest BCUT2D eigenvalue weighted by atomic mass is 16.4. The highest BCUT2D eigenvalue weighted by molar-refractivity contribution is 5.87. The Morgan fingerprint density at radius 3 is 2.80 bits per heavy atom. The van der Waals surface area contributed by atoms with Crippen LogP contribution in [0.3, 0.4) is 0 Å². The summed E-state index contributed by atoms with van der Waals surface area (Å²) in [6.45, 7) is 1.69. The summed E-state index contributed by atoms with van der Waals surface area (Å²) < 4.78 is 0. The van der Waals surface area contributed by atoms with Crippen LogP contribution in [0.15, 0.2) is 12.3 Å². The molecule has 0 saturated carbocycles. The van der Waals surface area contributed by atoms with Crippen LogP contribution in [0.5, 0.6) is 0 Å². The molecule has 0 aromatic carbocycles. The number of carboxylic acids is 1. The molecule has 0 amide bonds. The van der Waals surface area contributed by atoms with Gasteiger partial charge in [-0.3, -0.25) is 0 Å². The van der Waals surface area contributed by atoms with Crippen LogP contribution in [0, 0.1) is 6.92 Å². The fraction of sp³-hybridized carbons (Fsp3) is 0.167. The average molecular weight is 138 g/mol. The maximum absolute atomic E-state index is 10.3. The van der Waals surface area contributed by atoms with Crippen molar-refractivity contribution in [3.05, 3.63) is 23.5 Å². The third kappa shape index (κ3) is 1.28. The first kappa shape index (κ1) is 6.67. The minimum absolute atomic E-state index is 0.174. The van der Waals surface area contributed by atoms with Gasteiger partial charge >= 0.3 is 5.97 Å². The molecule has 0 aliphatic heterocycles. The van der Waals surface area contributed by atoms with Gasteiger partial charge in [-0.2, -0.15) is 10.2 Å². The minimum atomic E-state index is -0.974. The van der Waals surface area contributed by atoms with Gasteiger partial charge in [0.25, 0.3) is 0 Å². The molecule has 1 rings (SSSR count). The van der Waals surface area contributed by atoms with Crippen molar-refractivity contribution in [2.24, 2.45) is 0 Å². The molecule has 0 bridgehead atoms. The van der Waals surface area contributed by atoms with Crippen molar-refractivity contribution in [2.45, 2.75) is 6.92 Å². The lowest BCUT2D eigenvalue weighted by Crippen LogP contribution is -1.98. The highest BCUT2D eigenvalue weighted by Gasteiger charge is 2.01. The molecule has 0 saturated heterocycles. The van der Waals surface area contributed by atoms with E-state index >= 15 is 0 Å². The summed E-state index contributed by atoms with van der Waals surface area (Å²) in [6.07, 6.45) is 1.22. The van der Waals surface area contributed by atoms with Crippen LogP contribution in [0.2, 0.25) is 0 Å². The summed E-state index contributed by atoms with van der Waals surface area (Å²) in [6, 6.07) is 1.47. The van der Waals surface area contributed by atoms with Crippen molar-refractivity contribution < 1.29 is 9.90 Å². The highest BCUT2D eigenvalue weighted by Crippen LogP contribution is 1.96. The molecule has 0 spiro atoms. The van der Waals surface area contributed by atoms with Crippen molar-refractivity contribution >= 4 is 5.97 Å². The SMILES string of the molecule is Cc1cc(C(=O)O)cnn1. The van der Waals surface area contributed by atoms with E-state index < -0.39 is 5.97 Å². The zero-order chi connectivity index (χ0) is 7.56. The second-order valence-corrected chi connectivity index (χ2v) is 1.89. The zero-order valence-electron chi connectivity index (χ0n) is 5.40. The Kier molecular flexibility index (Phi) is 1.62. The van der Waals surface area contributed by atoms with Gasteiger partial charge in [0.1, 0.15) is 0 Å². The van der Waals surface area contributed by atoms with Crippen LogP contribution < -0.4 is 0 Å². The van der Waals surface area contributed by atoms with E-state index in [1.165, 1.54) is 12.3 Å². The molecule has 0 fully saturated rings. The second-order valence-electron chi connectivity index (χ2n) is 1.89. The van der Waals surface area contributed by atoms with Crippen LogP contribution in [-0.4, -0.2) is 21.3 Å². The fourth-order valence-corrected chi connectivity index (χ4v) is 0.590. The molecule has 0 unspecified atom stereocenters. The molecule has 1 heterocycles. The van der Waals surface area contributed by atoms with Gasteiger partial charge in [-0.25, -0.2) is 4.79 Å². The van der Waals surface area contributed by atoms with Gasteiger partial charge in [-0.15, -0.1) is 0 Å². The van der Waals surface area contributed by atoms with Gasteiger partial charge in [-0.05, 0) is 13.0 Å². The van der Waals surface area contributed by atoms with Crippen molar-refractivity contribution in [2.75, 3.05) is 0 Å². The lowest BCUT2D eigenvalue weighted by molar-refractivity contribution is 0.0696. The van der Waals surface area contributed by atoms with E-state index in [-0.39, 0.29) is 5.56 Å². The molecule has 1 N–H and O–H groups in total. The van der Waals surface area contributed by atoms with E-state index in [0.717, 1.165) is 0 Å². The standard InChI is InChI=1S/C6H6N2O2/c1-4-2-5(6(9)10)3-7-8-4/h2-3H,1H3,(H,9,10). The van der Waals surface area contributed by atoms with Crippen LogP contribution in [0.1, 0.15) is 16.1 Å². The molecule has 0 radical (unpaired) electrons. The van der Waals surface area contributed by atoms with Crippen LogP contribution in [-0.2, 0) is 0 Å². The Morgan fingerprint density at radius 2 is 2.40 bits per heavy atom. The third-order valence-corrected chi connectivity index (χ3v) is 1.02. The smallest absolute Gasteiger partial charge is 0.337 e. The first-order valence-corrected chi connectivity index (χ1v) is 2.73. The van der Waals surface area contributed by atoms with E-state index in [1.54, 1.807) is 6.92 Å². The molecule has 1 aromatic heterocycles. The predicted molar refractivity (Wildman–Crippen MR) is 33.7 cm³/mol. The monoisotopic (exact) mass is 138 g/mol. The molecule has 0 aliphatic rings. The number of carboxylic acid groups (broad SMARTS) is 1. The lowest BCUT2D eigenvalue weighted by atomic mass is 10.3. The van der Waals surface area contributed by atoms with Gasteiger partial charge in [0, 0.05) is 0 Å². The van der Waals surface area contributed by atoms with E-state index in [0.29, 0.717) is 5.69 Å². The first-order chi connectivity index (χ1) is 4.70.